The van der Waals surface area contributed by atoms with Gasteiger partial charge in [-0.3, -0.25) is 4.79 Å². The number of hydrogen-bond donors (Lipinski definition) is 2. The van der Waals surface area contributed by atoms with Gasteiger partial charge in [0.05, 0.1) is 4.90 Å². The quantitative estimate of drug-likeness (QED) is 0.820. The summed E-state index contributed by atoms with van der Waals surface area (Å²) in [7, 11) is -3.71. The first-order valence-corrected chi connectivity index (χ1v) is 7.11. The summed E-state index contributed by atoms with van der Waals surface area (Å²) in [5.74, 6) is 0.435. The van der Waals surface area contributed by atoms with Crippen LogP contribution in [0.2, 0.25) is 0 Å². The van der Waals surface area contributed by atoms with Crippen LogP contribution in [0.5, 0.6) is 0 Å². The minimum atomic E-state index is -3.71. The van der Waals surface area contributed by atoms with Crippen LogP contribution in [0, 0.1) is 0 Å². The first-order chi connectivity index (χ1) is 9.36. The van der Waals surface area contributed by atoms with Gasteiger partial charge >= 0.3 is 0 Å². The number of carbonyl (C=O) groups excluding carboxylic acids is 1. The molecule has 0 bridgehead atoms. The lowest BCUT2D eigenvalue weighted by Gasteiger charge is -2.00. The lowest BCUT2D eigenvalue weighted by atomic mass is 10.2. The molecule has 0 aliphatic rings. The van der Waals surface area contributed by atoms with Crippen LogP contribution < -0.4 is 10.9 Å². The minimum Gasteiger partial charge on any atom is -0.457 e. The summed E-state index contributed by atoms with van der Waals surface area (Å²) >= 11 is 0. The van der Waals surface area contributed by atoms with Gasteiger partial charge in [0.15, 0.2) is 0 Å². The van der Waals surface area contributed by atoms with Crippen molar-refractivity contribution in [1.29, 1.82) is 0 Å². The number of primary sulfonamides is 1. The van der Waals surface area contributed by atoms with Crippen LogP contribution in [0.15, 0.2) is 51.8 Å². The molecule has 4 N–H and O–H groups in total. The van der Waals surface area contributed by atoms with E-state index in [9.17, 15) is 13.2 Å². The average Bonchev–Trinajstić information content (AvgIpc) is 2.84. The molecule has 0 aliphatic heterocycles. The third-order valence-corrected chi connectivity index (χ3v) is 3.44. The number of sulfonamides is 1. The van der Waals surface area contributed by atoms with E-state index in [1.54, 1.807) is 24.3 Å². The number of furan rings is 1. The van der Waals surface area contributed by atoms with Gasteiger partial charge in [-0.2, -0.15) is 0 Å². The largest absolute Gasteiger partial charge is 0.457 e. The summed E-state index contributed by atoms with van der Waals surface area (Å²) in [6.07, 6.45) is 2.64. The zero-order valence-corrected chi connectivity index (χ0v) is 11.1. The molecule has 20 heavy (non-hydrogen) atoms. The molecular formula is C13H12N2O4S. The highest BCUT2D eigenvalue weighted by Gasteiger charge is 2.09. The minimum absolute atomic E-state index is 0.0293. The summed E-state index contributed by atoms with van der Waals surface area (Å²) in [5.41, 5.74) is 5.67. The fourth-order valence-corrected chi connectivity index (χ4v) is 2.09. The van der Waals surface area contributed by atoms with E-state index in [0.717, 1.165) is 0 Å². The van der Waals surface area contributed by atoms with Gasteiger partial charge in [-0.25, -0.2) is 13.6 Å². The fourth-order valence-electron chi connectivity index (χ4n) is 1.57. The Bertz CT molecular complexity index is 758. The highest BCUT2D eigenvalue weighted by molar-refractivity contribution is 7.89. The summed E-state index contributed by atoms with van der Waals surface area (Å²) in [5, 5.41) is 5.01. The first kappa shape index (κ1) is 14.0. The van der Waals surface area contributed by atoms with Crippen LogP contribution in [0.4, 0.5) is 0 Å². The number of amides is 1. The highest BCUT2D eigenvalue weighted by atomic mass is 32.2. The Hall–Kier alpha value is -2.38. The van der Waals surface area contributed by atoms with Gasteiger partial charge in [0.1, 0.15) is 11.5 Å². The van der Waals surface area contributed by atoms with E-state index in [1.165, 1.54) is 24.3 Å². The van der Waals surface area contributed by atoms with Gasteiger partial charge in [0, 0.05) is 11.6 Å². The van der Waals surface area contributed by atoms with E-state index in [-0.39, 0.29) is 4.90 Å². The second-order valence-corrected chi connectivity index (χ2v) is 5.57. The molecule has 6 nitrogen and oxygen atoms in total. The predicted octanol–water partition coefficient (Wildman–Crippen LogP) is 1.09. The Kier molecular flexibility index (Phi) is 3.73. The lowest BCUT2D eigenvalue weighted by Crippen LogP contribution is -2.11. The van der Waals surface area contributed by atoms with Gasteiger partial charge in [0.25, 0.3) is 0 Å². The number of carbonyl (C=O) groups is 1. The molecular weight excluding hydrogens is 280 g/mol. The Morgan fingerprint density at radius 2 is 1.75 bits per heavy atom. The Labute approximate surface area is 115 Å². The van der Waals surface area contributed by atoms with Gasteiger partial charge in [-0.15, -0.1) is 0 Å². The average molecular weight is 292 g/mol. The van der Waals surface area contributed by atoms with E-state index >= 15 is 0 Å². The van der Waals surface area contributed by atoms with Crippen LogP contribution in [0.1, 0.15) is 5.76 Å². The first-order valence-electron chi connectivity index (χ1n) is 5.57. The zero-order chi connectivity index (χ0) is 14.8. The highest BCUT2D eigenvalue weighted by Crippen LogP contribution is 2.23. The summed E-state index contributed by atoms with van der Waals surface area (Å²) < 4.78 is 27.7. The van der Waals surface area contributed by atoms with E-state index in [1.807, 2.05) is 0 Å². The van der Waals surface area contributed by atoms with Gasteiger partial charge in [0.2, 0.25) is 15.9 Å². The lowest BCUT2D eigenvalue weighted by molar-refractivity contribution is -0.113. The molecule has 0 saturated heterocycles. The van der Waals surface area contributed by atoms with Crippen LogP contribution in [0.25, 0.3) is 17.4 Å². The van der Waals surface area contributed by atoms with Crippen molar-refractivity contribution >= 4 is 22.0 Å². The van der Waals surface area contributed by atoms with Gasteiger partial charge in [-0.05, 0) is 42.5 Å². The molecule has 2 rings (SSSR count). The van der Waals surface area contributed by atoms with Gasteiger partial charge < -0.3 is 10.2 Å². The molecule has 1 aromatic carbocycles. The Morgan fingerprint density at radius 3 is 2.30 bits per heavy atom. The molecule has 0 saturated carbocycles. The van der Waals surface area contributed by atoms with E-state index in [2.05, 4.69) is 0 Å². The van der Waals surface area contributed by atoms with Crippen molar-refractivity contribution in [2.45, 2.75) is 4.90 Å². The number of benzene rings is 1. The van der Waals surface area contributed by atoms with Crippen LogP contribution in [-0.4, -0.2) is 14.3 Å². The molecule has 0 atom stereocenters. The Balaban J connectivity index is 2.27. The van der Waals surface area contributed by atoms with Crippen LogP contribution >= 0.6 is 0 Å². The fraction of sp³-hybridized carbons (Fsp3) is 0. The van der Waals surface area contributed by atoms with Crippen LogP contribution in [-0.2, 0) is 14.8 Å². The molecule has 1 amide bonds. The maximum absolute atomic E-state index is 11.1. The molecule has 7 heteroatoms. The zero-order valence-electron chi connectivity index (χ0n) is 10.3. The van der Waals surface area contributed by atoms with Crippen molar-refractivity contribution in [1.82, 2.24) is 0 Å². The van der Waals surface area contributed by atoms with E-state index in [4.69, 9.17) is 15.3 Å². The topological polar surface area (TPSA) is 116 Å². The molecule has 0 radical (unpaired) electrons. The molecule has 2 aromatic rings. The monoisotopic (exact) mass is 292 g/mol. The molecule has 104 valence electrons. The summed E-state index contributed by atoms with van der Waals surface area (Å²) in [6.45, 7) is 0. The summed E-state index contributed by atoms with van der Waals surface area (Å²) in [6, 6.07) is 9.33. The van der Waals surface area contributed by atoms with Crippen molar-refractivity contribution in [3.8, 4) is 11.3 Å². The number of rotatable bonds is 4. The van der Waals surface area contributed by atoms with Crippen molar-refractivity contribution in [2.24, 2.45) is 10.9 Å². The SMILES string of the molecule is NC(=O)/C=C\c1ccc(-c2ccc(S(N)(=O)=O)cc2)o1. The number of hydrogen-bond acceptors (Lipinski definition) is 4. The molecule has 0 aliphatic carbocycles. The molecule has 1 heterocycles. The molecule has 0 fully saturated rings. The molecule has 0 spiro atoms. The number of primary amides is 1. The third kappa shape index (κ3) is 3.34. The maximum Gasteiger partial charge on any atom is 0.241 e. The molecule has 0 unspecified atom stereocenters. The van der Waals surface area contributed by atoms with Crippen molar-refractivity contribution in [3.63, 3.8) is 0 Å². The van der Waals surface area contributed by atoms with Crippen molar-refractivity contribution in [2.75, 3.05) is 0 Å². The second-order valence-electron chi connectivity index (χ2n) is 4.01. The van der Waals surface area contributed by atoms with E-state index < -0.39 is 15.9 Å². The summed E-state index contributed by atoms with van der Waals surface area (Å²) in [4.78, 5) is 10.6. The molecule has 1 aromatic heterocycles. The third-order valence-electron chi connectivity index (χ3n) is 2.51. The van der Waals surface area contributed by atoms with Crippen LogP contribution in [0.3, 0.4) is 0 Å². The van der Waals surface area contributed by atoms with Gasteiger partial charge in [-0.1, -0.05) is 0 Å². The van der Waals surface area contributed by atoms with E-state index in [0.29, 0.717) is 17.1 Å². The van der Waals surface area contributed by atoms with Crippen molar-refractivity contribution in [3.05, 3.63) is 48.2 Å². The predicted molar refractivity (Wildman–Crippen MR) is 73.7 cm³/mol. The smallest absolute Gasteiger partial charge is 0.241 e. The second kappa shape index (κ2) is 5.32. The Morgan fingerprint density at radius 1 is 1.10 bits per heavy atom. The number of nitrogens with two attached hydrogens (primary N) is 2. The normalized spacial score (nSPS) is 11.8. The maximum atomic E-state index is 11.1. The standard InChI is InChI=1S/C13H12N2O4S/c14-13(16)8-4-10-3-7-12(19-10)9-1-5-11(6-2-9)20(15,17)18/h1-8H,(H2,14,16)(H2,15,17,18)/b8-4-. The van der Waals surface area contributed by atoms with Crippen molar-refractivity contribution < 1.29 is 17.6 Å².